The molecule has 3 unspecified atom stereocenters. The van der Waals surface area contributed by atoms with Gasteiger partial charge in [0, 0.05) is 12.7 Å². The van der Waals surface area contributed by atoms with Gasteiger partial charge >= 0.3 is 0 Å². The van der Waals surface area contributed by atoms with Crippen LogP contribution in [0.15, 0.2) is 41.1 Å². The number of hydrogen-bond acceptors (Lipinski definition) is 5. The molecule has 1 amide bonds. The second-order valence-electron chi connectivity index (χ2n) is 5.90. The lowest BCUT2D eigenvalue weighted by molar-refractivity contribution is 0.000276. The van der Waals surface area contributed by atoms with Crippen molar-refractivity contribution in [1.29, 1.82) is 0 Å². The van der Waals surface area contributed by atoms with Gasteiger partial charge in [0.05, 0.1) is 25.0 Å². The summed E-state index contributed by atoms with van der Waals surface area (Å²) in [5.74, 6) is -0.505. The van der Waals surface area contributed by atoms with E-state index in [1.165, 1.54) is 24.6 Å². The molecule has 1 aliphatic heterocycles. The van der Waals surface area contributed by atoms with Crippen molar-refractivity contribution in [2.24, 2.45) is 0 Å². The predicted molar refractivity (Wildman–Crippen MR) is 81.1 cm³/mol. The predicted octanol–water partition coefficient (Wildman–Crippen LogP) is 2.26. The van der Waals surface area contributed by atoms with E-state index in [-0.39, 0.29) is 29.7 Å². The third kappa shape index (κ3) is 2.65. The van der Waals surface area contributed by atoms with E-state index in [0.29, 0.717) is 13.2 Å². The van der Waals surface area contributed by atoms with Crippen LogP contribution < -0.4 is 4.74 Å². The first-order chi connectivity index (χ1) is 11.7. The molecule has 3 atom stereocenters. The van der Waals surface area contributed by atoms with Crippen LogP contribution >= 0.6 is 0 Å². The fourth-order valence-electron chi connectivity index (χ4n) is 3.43. The normalized spacial score (nSPS) is 26.2. The molecule has 0 radical (unpaired) electrons. The van der Waals surface area contributed by atoms with E-state index >= 15 is 0 Å². The van der Waals surface area contributed by atoms with Crippen molar-refractivity contribution in [3.05, 3.63) is 48.3 Å². The van der Waals surface area contributed by atoms with Gasteiger partial charge in [0.2, 0.25) is 0 Å². The summed E-state index contributed by atoms with van der Waals surface area (Å²) in [4.78, 5) is 18.3. The number of carbonyl (C=O) groups is 1. The Kier molecular flexibility index (Phi) is 3.93. The average molecular weight is 332 g/mol. The first-order valence-corrected chi connectivity index (χ1v) is 7.97. The molecular formula is C17H17FN2O4. The first-order valence-electron chi connectivity index (χ1n) is 7.97. The number of pyridine rings is 1. The SMILES string of the molecule is O=C(c1ccco1)N1CCOC2CCC1C2Oc1ncccc1F. The molecule has 2 aromatic rings. The maximum absolute atomic E-state index is 13.9. The van der Waals surface area contributed by atoms with Crippen LogP contribution in [0.4, 0.5) is 4.39 Å². The lowest BCUT2D eigenvalue weighted by Gasteiger charge is -2.30. The van der Waals surface area contributed by atoms with Gasteiger partial charge < -0.3 is 18.8 Å². The van der Waals surface area contributed by atoms with E-state index in [1.54, 1.807) is 17.0 Å². The molecule has 2 aromatic heterocycles. The van der Waals surface area contributed by atoms with Gasteiger partial charge in [-0.3, -0.25) is 4.79 Å². The molecule has 1 aliphatic carbocycles. The number of aromatic nitrogens is 1. The maximum atomic E-state index is 13.9. The summed E-state index contributed by atoms with van der Waals surface area (Å²) in [5, 5.41) is 0. The Hall–Kier alpha value is -2.41. The number of rotatable bonds is 3. The van der Waals surface area contributed by atoms with Crippen molar-refractivity contribution >= 4 is 5.91 Å². The Balaban J connectivity index is 1.60. The van der Waals surface area contributed by atoms with Gasteiger partial charge in [0.1, 0.15) is 6.10 Å². The number of nitrogens with zero attached hydrogens (tertiary/aromatic N) is 2. The van der Waals surface area contributed by atoms with Gasteiger partial charge in [-0.25, -0.2) is 9.37 Å². The molecule has 24 heavy (non-hydrogen) atoms. The van der Waals surface area contributed by atoms with Crippen LogP contribution in [0.1, 0.15) is 23.4 Å². The van der Waals surface area contributed by atoms with Crippen molar-refractivity contribution < 1.29 is 23.1 Å². The minimum Gasteiger partial charge on any atom is -0.467 e. The highest BCUT2D eigenvalue weighted by atomic mass is 19.1. The van der Waals surface area contributed by atoms with Crippen molar-refractivity contribution in [1.82, 2.24) is 9.88 Å². The molecule has 2 aliphatic rings. The molecule has 3 heterocycles. The Morgan fingerprint density at radius 2 is 2.25 bits per heavy atom. The molecule has 126 valence electrons. The van der Waals surface area contributed by atoms with Gasteiger partial charge in [-0.1, -0.05) is 0 Å². The zero-order valence-corrected chi connectivity index (χ0v) is 12.9. The molecule has 2 fully saturated rings. The third-order valence-electron chi connectivity index (χ3n) is 4.52. The van der Waals surface area contributed by atoms with E-state index in [1.807, 2.05) is 0 Å². The molecule has 4 rings (SSSR count). The van der Waals surface area contributed by atoms with Crippen molar-refractivity contribution in [3.8, 4) is 5.88 Å². The highest BCUT2D eigenvalue weighted by molar-refractivity contribution is 5.91. The van der Waals surface area contributed by atoms with Gasteiger partial charge in [0.25, 0.3) is 11.8 Å². The molecule has 0 spiro atoms. The Bertz CT molecular complexity index is 721. The number of amides is 1. The van der Waals surface area contributed by atoms with Crippen LogP contribution in [0.2, 0.25) is 0 Å². The molecule has 0 N–H and O–H groups in total. The smallest absolute Gasteiger partial charge is 0.290 e. The number of carbonyl (C=O) groups excluding carboxylic acids is 1. The molecule has 2 bridgehead atoms. The van der Waals surface area contributed by atoms with Crippen molar-refractivity contribution in [2.75, 3.05) is 13.2 Å². The van der Waals surface area contributed by atoms with Crippen molar-refractivity contribution in [2.45, 2.75) is 31.1 Å². The standard InChI is InChI=1S/C17H17FN2O4/c18-11-3-1-7-19-16(11)24-15-12-5-6-13(15)23-10-8-20(12)17(21)14-4-2-9-22-14/h1-4,7,9,12-13,15H,5-6,8,10H2. The van der Waals surface area contributed by atoms with E-state index in [0.717, 1.165) is 12.8 Å². The molecule has 1 saturated heterocycles. The number of furan rings is 1. The van der Waals surface area contributed by atoms with Crippen LogP contribution in [0, 0.1) is 5.82 Å². The summed E-state index contributed by atoms with van der Waals surface area (Å²) in [6.45, 7) is 0.865. The minimum absolute atomic E-state index is 0.0599. The number of halogens is 1. The summed E-state index contributed by atoms with van der Waals surface area (Å²) in [5.41, 5.74) is 0. The fraction of sp³-hybridized carbons (Fsp3) is 0.412. The highest BCUT2D eigenvalue weighted by Crippen LogP contribution is 2.33. The summed E-state index contributed by atoms with van der Waals surface area (Å²) >= 11 is 0. The quantitative estimate of drug-likeness (QED) is 0.863. The number of hydrogen-bond donors (Lipinski definition) is 0. The Labute approximate surface area is 138 Å². The van der Waals surface area contributed by atoms with E-state index in [9.17, 15) is 9.18 Å². The number of fused-ring (bicyclic) bond motifs is 2. The van der Waals surface area contributed by atoms with E-state index in [2.05, 4.69) is 4.98 Å². The summed E-state index contributed by atoms with van der Waals surface area (Å²) in [7, 11) is 0. The Morgan fingerprint density at radius 3 is 3.04 bits per heavy atom. The second kappa shape index (κ2) is 6.24. The highest BCUT2D eigenvalue weighted by Gasteiger charge is 2.46. The zero-order chi connectivity index (χ0) is 16.5. The number of ether oxygens (including phenoxy) is 2. The van der Waals surface area contributed by atoms with Crippen LogP contribution in [0.5, 0.6) is 5.88 Å². The Morgan fingerprint density at radius 1 is 1.33 bits per heavy atom. The van der Waals surface area contributed by atoms with Crippen molar-refractivity contribution in [3.63, 3.8) is 0 Å². The summed E-state index contributed by atoms with van der Waals surface area (Å²) in [6, 6.07) is 5.92. The van der Waals surface area contributed by atoms with E-state index < -0.39 is 11.9 Å². The summed E-state index contributed by atoms with van der Waals surface area (Å²) in [6.07, 6.45) is 3.81. The van der Waals surface area contributed by atoms with E-state index in [4.69, 9.17) is 13.9 Å². The third-order valence-corrected chi connectivity index (χ3v) is 4.52. The molecule has 0 aromatic carbocycles. The lowest BCUT2D eigenvalue weighted by atomic mass is 10.1. The zero-order valence-electron chi connectivity index (χ0n) is 12.9. The summed E-state index contributed by atoms with van der Waals surface area (Å²) < 4.78 is 30.7. The molecule has 7 heteroatoms. The van der Waals surface area contributed by atoms with Crippen LogP contribution in [-0.2, 0) is 4.74 Å². The largest absolute Gasteiger partial charge is 0.467 e. The maximum Gasteiger partial charge on any atom is 0.290 e. The van der Waals surface area contributed by atoms with Crippen LogP contribution in [0.25, 0.3) is 0 Å². The van der Waals surface area contributed by atoms with Crippen LogP contribution in [-0.4, -0.2) is 47.2 Å². The fourth-order valence-corrected chi connectivity index (χ4v) is 3.43. The van der Waals surface area contributed by atoms with Gasteiger partial charge in [-0.15, -0.1) is 0 Å². The minimum atomic E-state index is -0.523. The molecule has 6 nitrogen and oxygen atoms in total. The van der Waals surface area contributed by atoms with Gasteiger partial charge in [-0.2, -0.15) is 0 Å². The van der Waals surface area contributed by atoms with Gasteiger partial charge in [0.15, 0.2) is 11.6 Å². The first kappa shape index (κ1) is 15.1. The van der Waals surface area contributed by atoms with Crippen LogP contribution in [0.3, 0.4) is 0 Å². The van der Waals surface area contributed by atoms with Gasteiger partial charge in [-0.05, 0) is 37.1 Å². The topological polar surface area (TPSA) is 64.8 Å². The second-order valence-corrected chi connectivity index (χ2v) is 5.90. The lowest BCUT2D eigenvalue weighted by Crippen LogP contribution is -2.47. The average Bonchev–Trinajstić information content (AvgIpc) is 3.18. The monoisotopic (exact) mass is 332 g/mol. The molecular weight excluding hydrogens is 315 g/mol. The molecule has 1 saturated carbocycles.